The zero-order valence-corrected chi connectivity index (χ0v) is 8.72. The molecule has 0 amide bonds. The van der Waals surface area contributed by atoms with Gasteiger partial charge in [-0.3, -0.25) is 0 Å². The van der Waals surface area contributed by atoms with Gasteiger partial charge in [0.25, 0.3) is 0 Å². The zero-order chi connectivity index (χ0) is 9.07. The smallest absolute Gasteiger partial charge is 0.322 e. The molecule has 0 unspecified atom stereocenters. The lowest BCUT2D eigenvalue weighted by Gasteiger charge is -2.21. The van der Waals surface area contributed by atoms with Crippen LogP contribution in [0.1, 0.15) is 0 Å². The molecule has 0 radical (unpaired) electrons. The summed E-state index contributed by atoms with van der Waals surface area (Å²) < 4.78 is 9.60. The third-order valence-corrected chi connectivity index (χ3v) is 2.00. The van der Waals surface area contributed by atoms with Crippen molar-refractivity contribution in [2.24, 2.45) is 0 Å². The van der Waals surface area contributed by atoms with Crippen LogP contribution < -0.4 is 0 Å². The largest absolute Gasteiger partial charge is 0.358 e. The topological polar surface area (TPSA) is 45.2 Å². The van der Waals surface area contributed by atoms with Gasteiger partial charge in [-0.05, 0) is 11.8 Å². The SMILES string of the molecule is CN(C)OP(O)(=S)ON(C)C. The van der Waals surface area contributed by atoms with Crippen LogP contribution in [-0.2, 0) is 21.1 Å². The van der Waals surface area contributed by atoms with Crippen molar-refractivity contribution in [3.05, 3.63) is 0 Å². The monoisotopic (exact) mass is 200 g/mol. The molecule has 0 aromatic heterocycles. The molecule has 0 fully saturated rings. The predicted octanol–water partition coefficient (Wildman–Crippen LogP) is 0.190. The second kappa shape index (κ2) is 4.47. The molecule has 11 heavy (non-hydrogen) atoms. The fourth-order valence-corrected chi connectivity index (χ4v) is 2.08. The molecular formula is C4H13N2O3PS. The molecule has 7 heteroatoms. The molecule has 0 bridgehead atoms. The molecular weight excluding hydrogens is 187 g/mol. The van der Waals surface area contributed by atoms with Crippen molar-refractivity contribution in [3.8, 4) is 0 Å². The van der Waals surface area contributed by atoms with E-state index in [4.69, 9.17) is 9.25 Å². The minimum absolute atomic E-state index is 1.31. The van der Waals surface area contributed by atoms with E-state index in [0.29, 0.717) is 0 Å². The van der Waals surface area contributed by atoms with Crippen LogP contribution in [0.2, 0.25) is 0 Å². The lowest BCUT2D eigenvalue weighted by Crippen LogP contribution is -2.16. The summed E-state index contributed by atoms with van der Waals surface area (Å²) in [5.74, 6) is 0. The Kier molecular flexibility index (Phi) is 4.65. The molecule has 0 saturated heterocycles. The maximum absolute atomic E-state index is 9.25. The molecule has 0 saturated carbocycles. The highest BCUT2D eigenvalue weighted by molar-refractivity contribution is 8.07. The second-order valence-corrected chi connectivity index (χ2v) is 4.90. The Morgan fingerprint density at radius 1 is 1.09 bits per heavy atom. The zero-order valence-electron chi connectivity index (χ0n) is 7.01. The molecule has 1 N–H and O–H groups in total. The van der Waals surface area contributed by atoms with Gasteiger partial charge in [0.1, 0.15) is 0 Å². The van der Waals surface area contributed by atoms with E-state index in [-0.39, 0.29) is 0 Å². The van der Waals surface area contributed by atoms with Crippen LogP contribution in [0.4, 0.5) is 0 Å². The highest BCUT2D eigenvalue weighted by Gasteiger charge is 2.18. The van der Waals surface area contributed by atoms with E-state index in [1.54, 1.807) is 28.2 Å². The molecule has 0 aliphatic heterocycles. The number of rotatable bonds is 4. The Morgan fingerprint density at radius 3 is 1.55 bits per heavy atom. The first-order chi connectivity index (χ1) is 4.83. The third-order valence-electron chi connectivity index (χ3n) is 0.533. The Balaban J connectivity index is 3.91. The van der Waals surface area contributed by atoms with E-state index in [0.717, 1.165) is 0 Å². The summed E-state index contributed by atoms with van der Waals surface area (Å²) in [6.07, 6.45) is 0. The summed E-state index contributed by atoms with van der Waals surface area (Å²) in [4.78, 5) is 9.25. The molecule has 0 aromatic rings. The summed E-state index contributed by atoms with van der Waals surface area (Å²) in [5, 5.41) is 2.62. The van der Waals surface area contributed by atoms with Crippen LogP contribution in [0, 0.1) is 0 Å². The van der Waals surface area contributed by atoms with Crippen molar-refractivity contribution in [1.82, 2.24) is 10.1 Å². The van der Waals surface area contributed by atoms with Crippen molar-refractivity contribution in [3.63, 3.8) is 0 Å². The summed E-state index contributed by atoms with van der Waals surface area (Å²) in [7, 11) is 6.49. The Hall–Kier alpha value is 0.450. The maximum Gasteiger partial charge on any atom is 0.358 e. The molecule has 0 atom stereocenters. The fourth-order valence-electron chi connectivity index (χ4n) is 0.428. The van der Waals surface area contributed by atoms with E-state index in [1.165, 1.54) is 10.1 Å². The van der Waals surface area contributed by atoms with Gasteiger partial charge in [-0.25, -0.2) is 9.25 Å². The molecule has 5 nitrogen and oxygen atoms in total. The average molecular weight is 200 g/mol. The van der Waals surface area contributed by atoms with Gasteiger partial charge in [-0.1, -0.05) is 0 Å². The minimum atomic E-state index is -3.12. The maximum atomic E-state index is 9.25. The van der Waals surface area contributed by atoms with Crippen molar-refractivity contribution >= 4 is 18.5 Å². The number of hydrogen-bond donors (Lipinski definition) is 1. The number of nitrogens with zero attached hydrogens (tertiary/aromatic N) is 2. The summed E-state index contributed by atoms with van der Waals surface area (Å²) >= 11 is 4.63. The van der Waals surface area contributed by atoms with Crippen molar-refractivity contribution in [2.45, 2.75) is 0 Å². The number of hydroxylamine groups is 4. The molecule has 0 heterocycles. The van der Waals surface area contributed by atoms with E-state index in [9.17, 15) is 4.89 Å². The molecule has 0 aromatic carbocycles. The van der Waals surface area contributed by atoms with Crippen LogP contribution >= 0.6 is 6.72 Å². The lowest BCUT2D eigenvalue weighted by atomic mass is 11.2. The third kappa shape index (κ3) is 6.83. The van der Waals surface area contributed by atoms with Crippen LogP contribution in [0.15, 0.2) is 0 Å². The first-order valence-corrected chi connectivity index (χ1v) is 5.49. The Morgan fingerprint density at radius 2 is 1.36 bits per heavy atom. The lowest BCUT2D eigenvalue weighted by molar-refractivity contribution is -0.0800. The average Bonchev–Trinajstić information content (AvgIpc) is 1.53. The summed E-state index contributed by atoms with van der Waals surface area (Å²) in [6, 6.07) is 0. The van der Waals surface area contributed by atoms with Crippen LogP contribution in [-0.4, -0.2) is 43.2 Å². The first kappa shape index (κ1) is 11.4. The van der Waals surface area contributed by atoms with Gasteiger partial charge in [-0.2, -0.15) is 10.1 Å². The van der Waals surface area contributed by atoms with E-state index in [2.05, 4.69) is 11.8 Å². The molecule has 0 aliphatic carbocycles. The molecule has 68 valence electrons. The van der Waals surface area contributed by atoms with Crippen molar-refractivity contribution < 1.29 is 14.1 Å². The molecule has 0 rings (SSSR count). The first-order valence-electron chi connectivity index (χ1n) is 2.90. The highest BCUT2D eigenvalue weighted by Crippen LogP contribution is 2.44. The van der Waals surface area contributed by atoms with Crippen LogP contribution in [0.5, 0.6) is 0 Å². The molecule has 0 spiro atoms. The van der Waals surface area contributed by atoms with Gasteiger partial charge in [0.2, 0.25) is 0 Å². The fraction of sp³-hybridized carbons (Fsp3) is 1.00. The minimum Gasteiger partial charge on any atom is -0.322 e. The highest BCUT2D eigenvalue weighted by atomic mass is 32.5. The summed E-state index contributed by atoms with van der Waals surface area (Å²) in [5.41, 5.74) is 0. The van der Waals surface area contributed by atoms with Crippen LogP contribution in [0.3, 0.4) is 0 Å². The number of hydrogen-bond acceptors (Lipinski definition) is 5. The van der Waals surface area contributed by atoms with E-state index < -0.39 is 6.72 Å². The molecule has 0 aliphatic rings. The van der Waals surface area contributed by atoms with Gasteiger partial charge in [0.05, 0.1) is 0 Å². The van der Waals surface area contributed by atoms with Crippen LogP contribution in [0.25, 0.3) is 0 Å². The van der Waals surface area contributed by atoms with Gasteiger partial charge < -0.3 is 4.89 Å². The quantitative estimate of drug-likeness (QED) is 0.516. The van der Waals surface area contributed by atoms with Gasteiger partial charge in [0, 0.05) is 28.2 Å². The van der Waals surface area contributed by atoms with E-state index >= 15 is 0 Å². The second-order valence-electron chi connectivity index (χ2n) is 2.26. The van der Waals surface area contributed by atoms with E-state index in [1.807, 2.05) is 0 Å². The predicted molar refractivity (Wildman–Crippen MR) is 46.0 cm³/mol. The van der Waals surface area contributed by atoms with Crippen molar-refractivity contribution in [2.75, 3.05) is 28.2 Å². The normalized spacial score (nSPS) is 13.0. The Labute approximate surface area is 71.7 Å². The van der Waals surface area contributed by atoms with Gasteiger partial charge >= 0.3 is 6.72 Å². The van der Waals surface area contributed by atoms with Gasteiger partial charge in [-0.15, -0.1) is 0 Å². The van der Waals surface area contributed by atoms with Gasteiger partial charge in [0.15, 0.2) is 0 Å². The Bertz CT molecular complexity index is 149. The standard InChI is InChI=1S/C4H13N2O3PS/c1-5(2)8-10(7,11)9-6(3)4/h1-4H3,(H,7,11). The summed E-state index contributed by atoms with van der Waals surface area (Å²) in [6.45, 7) is -3.12. The van der Waals surface area contributed by atoms with Crippen molar-refractivity contribution in [1.29, 1.82) is 0 Å².